The zero-order valence-corrected chi connectivity index (χ0v) is 13.4. The Morgan fingerprint density at radius 1 is 1.24 bits per heavy atom. The van der Waals surface area contributed by atoms with Gasteiger partial charge in [0.1, 0.15) is 0 Å². The van der Waals surface area contributed by atoms with Crippen LogP contribution in [-0.2, 0) is 9.84 Å². The van der Waals surface area contributed by atoms with Crippen LogP contribution in [0.3, 0.4) is 0 Å². The molecule has 0 aliphatic rings. The topological polar surface area (TPSA) is 46.2 Å². The zero-order chi connectivity index (χ0) is 16.1. The van der Waals surface area contributed by atoms with Crippen LogP contribution < -0.4 is 5.32 Å². The van der Waals surface area contributed by atoms with Gasteiger partial charge in [-0.3, -0.25) is 0 Å². The van der Waals surface area contributed by atoms with Crippen LogP contribution in [0.1, 0.15) is 20.3 Å². The summed E-state index contributed by atoms with van der Waals surface area (Å²) < 4.78 is 59.6. The first kappa shape index (κ1) is 18.2. The molecule has 1 rings (SSSR count). The Labute approximate surface area is 127 Å². The highest BCUT2D eigenvalue weighted by Gasteiger charge is 2.46. The standard InChI is InChI=1S/C13H18F3NO2S2/c1-3-20-9-8-10(2)17-11-4-6-12(7-5-11)21(18,19)13(14,15)16/h4-7,10,17H,3,8-9H2,1-2H3. The molecule has 8 heteroatoms. The quantitative estimate of drug-likeness (QED) is 0.764. The normalized spacial score (nSPS) is 14.0. The molecular weight excluding hydrogens is 323 g/mol. The van der Waals surface area contributed by atoms with Crippen LogP contribution in [0.15, 0.2) is 29.2 Å². The molecule has 120 valence electrons. The molecule has 0 saturated heterocycles. The summed E-state index contributed by atoms with van der Waals surface area (Å²) in [6, 6.07) is 4.80. The van der Waals surface area contributed by atoms with Gasteiger partial charge >= 0.3 is 5.51 Å². The van der Waals surface area contributed by atoms with E-state index in [1.54, 1.807) is 0 Å². The van der Waals surface area contributed by atoms with E-state index in [0.717, 1.165) is 30.1 Å². The Hall–Kier alpha value is -0.890. The minimum atomic E-state index is -5.27. The summed E-state index contributed by atoms with van der Waals surface area (Å²) in [5, 5.41) is 3.13. The molecule has 1 aromatic carbocycles. The van der Waals surface area contributed by atoms with Gasteiger partial charge in [0.25, 0.3) is 9.84 Å². The molecule has 1 aromatic rings. The highest BCUT2D eigenvalue weighted by molar-refractivity contribution is 7.99. The Morgan fingerprint density at radius 2 is 1.81 bits per heavy atom. The van der Waals surface area contributed by atoms with Crippen molar-refractivity contribution < 1.29 is 21.6 Å². The van der Waals surface area contributed by atoms with Crippen LogP contribution in [0, 0.1) is 0 Å². The summed E-state index contributed by atoms with van der Waals surface area (Å²) in [7, 11) is -5.27. The lowest BCUT2D eigenvalue weighted by Crippen LogP contribution is -2.23. The molecule has 0 heterocycles. The highest BCUT2D eigenvalue weighted by atomic mass is 32.2. The minimum Gasteiger partial charge on any atom is -0.383 e. The molecular formula is C13H18F3NO2S2. The molecule has 0 amide bonds. The van der Waals surface area contributed by atoms with Crippen LogP contribution in [0.4, 0.5) is 18.9 Å². The van der Waals surface area contributed by atoms with E-state index in [1.807, 2.05) is 18.7 Å². The average molecular weight is 341 g/mol. The molecule has 1 atom stereocenters. The molecule has 0 fully saturated rings. The number of hydrogen-bond acceptors (Lipinski definition) is 4. The molecule has 0 aliphatic heterocycles. The van der Waals surface area contributed by atoms with Crippen molar-refractivity contribution in [3.05, 3.63) is 24.3 Å². The maximum absolute atomic E-state index is 12.4. The SMILES string of the molecule is CCSCCC(C)Nc1ccc(S(=O)(=O)C(F)(F)F)cc1. The summed E-state index contributed by atoms with van der Waals surface area (Å²) in [4.78, 5) is -0.741. The lowest BCUT2D eigenvalue weighted by atomic mass is 10.2. The van der Waals surface area contributed by atoms with Crippen molar-refractivity contribution in [2.24, 2.45) is 0 Å². The van der Waals surface area contributed by atoms with Crippen LogP contribution in [0.5, 0.6) is 0 Å². The lowest BCUT2D eigenvalue weighted by molar-refractivity contribution is -0.0436. The van der Waals surface area contributed by atoms with Gasteiger partial charge in [0, 0.05) is 11.7 Å². The predicted molar refractivity (Wildman–Crippen MR) is 80.4 cm³/mol. The van der Waals surface area contributed by atoms with Crippen molar-refractivity contribution in [3.8, 4) is 0 Å². The fourth-order valence-electron chi connectivity index (χ4n) is 1.63. The van der Waals surface area contributed by atoms with Gasteiger partial charge in [0.15, 0.2) is 0 Å². The zero-order valence-electron chi connectivity index (χ0n) is 11.8. The number of halogens is 3. The van der Waals surface area contributed by atoms with Gasteiger partial charge < -0.3 is 5.32 Å². The number of anilines is 1. The van der Waals surface area contributed by atoms with Gasteiger partial charge in [-0.25, -0.2) is 8.42 Å². The van der Waals surface area contributed by atoms with Crippen LogP contribution in [-0.4, -0.2) is 31.5 Å². The highest BCUT2D eigenvalue weighted by Crippen LogP contribution is 2.30. The molecule has 0 spiro atoms. The number of benzene rings is 1. The number of hydrogen-bond donors (Lipinski definition) is 1. The third kappa shape index (κ3) is 5.10. The van der Waals surface area contributed by atoms with Gasteiger partial charge in [-0.15, -0.1) is 0 Å². The van der Waals surface area contributed by atoms with E-state index in [-0.39, 0.29) is 6.04 Å². The smallest absolute Gasteiger partial charge is 0.383 e. The number of thioether (sulfide) groups is 1. The second-order valence-corrected chi connectivity index (χ2v) is 7.84. The Balaban J connectivity index is 2.71. The Bertz CT molecular complexity index is 542. The summed E-state index contributed by atoms with van der Waals surface area (Å²) in [6.07, 6.45) is 0.918. The summed E-state index contributed by atoms with van der Waals surface area (Å²) >= 11 is 1.81. The Morgan fingerprint density at radius 3 is 2.29 bits per heavy atom. The fourth-order valence-corrected chi connectivity index (χ4v) is 3.20. The van der Waals surface area contributed by atoms with Crippen molar-refractivity contribution in [3.63, 3.8) is 0 Å². The van der Waals surface area contributed by atoms with E-state index in [0.29, 0.717) is 5.69 Å². The Kier molecular flexibility index (Phi) is 6.40. The third-order valence-electron chi connectivity index (χ3n) is 2.78. The molecule has 0 bridgehead atoms. The fraction of sp³-hybridized carbons (Fsp3) is 0.538. The van der Waals surface area contributed by atoms with Gasteiger partial charge in [-0.1, -0.05) is 6.92 Å². The average Bonchev–Trinajstić information content (AvgIpc) is 2.38. The summed E-state index contributed by atoms with van der Waals surface area (Å²) in [5.41, 5.74) is -4.67. The van der Waals surface area contributed by atoms with E-state index in [9.17, 15) is 21.6 Å². The molecule has 1 unspecified atom stereocenters. The van der Waals surface area contributed by atoms with E-state index < -0.39 is 20.2 Å². The van der Waals surface area contributed by atoms with Crippen LogP contribution in [0.25, 0.3) is 0 Å². The molecule has 0 aromatic heterocycles. The first-order valence-corrected chi connectivity index (χ1v) is 9.08. The monoisotopic (exact) mass is 341 g/mol. The molecule has 1 N–H and O–H groups in total. The van der Waals surface area contributed by atoms with Crippen LogP contribution >= 0.6 is 11.8 Å². The van der Waals surface area contributed by atoms with Crippen molar-refractivity contribution >= 4 is 27.3 Å². The van der Waals surface area contributed by atoms with E-state index in [2.05, 4.69) is 12.2 Å². The van der Waals surface area contributed by atoms with E-state index in [1.165, 1.54) is 12.1 Å². The largest absolute Gasteiger partial charge is 0.501 e. The minimum absolute atomic E-state index is 0.161. The first-order valence-electron chi connectivity index (χ1n) is 6.44. The lowest BCUT2D eigenvalue weighted by Gasteiger charge is -2.15. The molecule has 0 aliphatic carbocycles. The van der Waals surface area contributed by atoms with Crippen molar-refractivity contribution in [1.29, 1.82) is 0 Å². The molecule has 0 radical (unpaired) electrons. The van der Waals surface area contributed by atoms with Gasteiger partial charge in [-0.05, 0) is 49.1 Å². The molecule has 3 nitrogen and oxygen atoms in total. The van der Waals surface area contributed by atoms with Crippen molar-refractivity contribution in [1.82, 2.24) is 0 Å². The summed E-state index contributed by atoms with van der Waals surface area (Å²) in [5.74, 6) is 2.03. The molecule has 0 saturated carbocycles. The van der Waals surface area contributed by atoms with Crippen LogP contribution in [0.2, 0.25) is 0 Å². The number of rotatable bonds is 7. The van der Waals surface area contributed by atoms with Crippen molar-refractivity contribution in [2.45, 2.75) is 36.7 Å². The number of alkyl halides is 3. The maximum Gasteiger partial charge on any atom is 0.501 e. The van der Waals surface area contributed by atoms with E-state index >= 15 is 0 Å². The van der Waals surface area contributed by atoms with Gasteiger partial charge in [0.05, 0.1) is 4.90 Å². The van der Waals surface area contributed by atoms with Gasteiger partial charge in [0.2, 0.25) is 0 Å². The van der Waals surface area contributed by atoms with E-state index in [4.69, 9.17) is 0 Å². The predicted octanol–water partition coefficient (Wildman–Crippen LogP) is 3.92. The number of nitrogens with one attached hydrogen (secondary N) is 1. The van der Waals surface area contributed by atoms with Gasteiger partial charge in [-0.2, -0.15) is 24.9 Å². The second-order valence-electron chi connectivity index (χ2n) is 4.50. The second kappa shape index (κ2) is 7.40. The summed E-state index contributed by atoms with van der Waals surface area (Å²) in [6.45, 7) is 4.04. The van der Waals surface area contributed by atoms with Crippen molar-refractivity contribution in [2.75, 3.05) is 16.8 Å². The third-order valence-corrected chi connectivity index (χ3v) is 5.22. The first-order chi connectivity index (χ1) is 9.68. The molecule has 21 heavy (non-hydrogen) atoms. The maximum atomic E-state index is 12.4. The number of sulfone groups is 1.